The highest BCUT2D eigenvalue weighted by Crippen LogP contribution is 2.15. The van der Waals surface area contributed by atoms with Gasteiger partial charge in [0, 0.05) is 19.0 Å². The molecule has 1 atom stereocenters. The van der Waals surface area contributed by atoms with Gasteiger partial charge in [0.2, 0.25) is 5.89 Å². The molecular weight excluding hydrogens is 240 g/mol. The average Bonchev–Trinajstić information content (AvgIpc) is 2.85. The molecule has 0 aliphatic carbocycles. The number of hydrogen-bond acceptors (Lipinski definition) is 4. The molecule has 0 amide bonds. The molecule has 18 heavy (non-hydrogen) atoms. The zero-order valence-corrected chi connectivity index (χ0v) is 9.86. The summed E-state index contributed by atoms with van der Waals surface area (Å²) in [6.07, 6.45) is 1.93. The fourth-order valence-electron chi connectivity index (χ4n) is 1.60. The molecule has 0 saturated carbocycles. The van der Waals surface area contributed by atoms with Crippen LogP contribution in [0.5, 0.6) is 0 Å². The van der Waals surface area contributed by atoms with Crippen molar-refractivity contribution in [3.05, 3.63) is 47.6 Å². The highest BCUT2D eigenvalue weighted by molar-refractivity contribution is 5.20. The van der Waals surface area contributed by atoms with E-state index in [1.165, 1.54) is 12.4 Å². The fraction of sp³-hybridized carbons (Fsp3) is 0.333. The summed E-state index contributed by atoms with van der Waals surface area (Å²) in [5.41, 5.74) is 0.694. The average molecular weight is 253 g/mol. The van der Waals surface area contributed by atoms with Crippen molar-refractivity contribution in [3.8, 4) is 0 Å². The molecule has 6 heteroatoms. The number of aromatic nitrogens is 2. The topological polar surface area (TPSA) is 51.0 Å². The molecule has 1 unspecified atom stereocenters. The Kier molecular flexibility index (Phi) is 3.99. The molecule has 1 aromatic carbocycles. The smallest absolute Gasteiger partial charge is 0.227 e. The Morgan fingerprint density at radius 3 is 2.83 bits per heavy atom. The van der Waals surface area contributed by atoms with Crippen LogP contribution >= 0.6 is 0 Å². The number of nitrogens with zero attached hydrogens (tertiary/aromatic N) is 2. The molecule has 0 aliphatic rings. The van der Waals surface area contributed by atoms with E-state index in [1.54, 1.807) is 6.07 Å². The number of hydrogen-bond donors (Lipinski definition) is 1. The Bertz CT molecular complexity index is 502. The molecule has 0 fully saturated rings. The predicted octanol–water partition coefficient (Wildman–Crippen LogP) is 2.24. The maximum atomic E-state index is 13.0. The van der Waals surface area contributed by atoms with Gasteiger partial charge in [0.15, 0.2) is 18.0 Å². The Balaban J connectivity index is 1.87. The summed E-state index contributed by atoms with van der Waals surface area (Å²) < 4.78 is 30.7. The third kappa shape index (κ3) is 3.10. The van der Waals surface area contributed by atoms with Crippen molar-refractivity contribution in [1.29, 1.82) is 0 Å². The van der Waals surface area contributed by atoms with Gasteiger partial charge in [-0.2, -0.15) is 4.98 Å². The van der Waals surface area contributed by atoms with Crippen LogP contribution in [0.1, 0.15) is 24.4 Å². The number of benzene rings is 1. The molecule has 0 bridgehead atoms. The molecule has 0 saturated heterocycles. The van der Waals surface area contributed by atoms with Crippen LogP contribution in [0.25, 0.3) is 0 Å². The second-order valence-corrected chi connectivity index (χ2v) is 3.93. The lowest BCUT2D eigenvalue weighted by Crippen LogP contribution is -2.21. The molecule has 2 aromatic rings. The second-order valence-electron chi connectivity index (χ2n) is 3.93. The van der Waals surface area contributed by atoms with Crippen LogP contribution in [0.2, 0.25) is 0 Å². The minimum absolute atomic E-state index is 0.0805. The van der Waals surface area contributed by atoms with Crippen LogP contribution < -0.4 is 5.32 Å². The minimum Gasteiger partial charge on any atom is -0.340 e. The summed E-state index contributed by atoms with van der Waals surface area (Å²) in [5, 5.41) is 6.66. The molecule has 2 rings (SSSR count). The van der Waals surface area contributed by atoms with E-state index in [0.29, 0.717) is 24.4 Å². The highest BCUT2D eigenvalue weighted by atomic mass is 19.2. The maximum Gasteiger partial charge on any atom is 0.227 e. The summed E-state index contributed by atoms with van der Waals surface area (Å²) in [4.78, 5) is 3.88. The second kappa shape index (κ2) is 5.68. The summed E-state index contributed by atoms with van der Waals surface area (Å²) in [7, 11) is 0. The van der Waals surface area contributed by atoms with E-state index >= 15 is 0 Å². The third-order valence-electron chi connectivity index (χ3n) is 2.64. The normalized spacial score (nSPS) is 12.6. The Morgan fingerprint density at radius 2 is 2.17 bits per heavy atom. The highest BCUT2D eigenvalue weighted by Gasteiger charge is 2.09. The molecule has 0 aliphatic heterocycles. The monoisotopic (exact) mass is 253 g/mol. The van der Waals surface area contributed by atoms with Crippen molar-refractivity contribution < 1.29 is 13.3 Å². The van der Waals surface area contributed by atoms with E-state index in [4.69, 9.17) is 4.52 Å². The van der Waals surface area contributed by atoms with E-state index in [2.05, 4.69) is 15.5 Å². The Morgan fingerprint density at radius 1 is 1.33 bits per heavy atom. The number of halogens is 2. The van der Waals surface area contributed by atoms with E-state index in [9.17, 15) is 8.78 Å². The van der Waals surface area contributed by atoms with Gasteiger partial charge in [-0.3, -0.25) is 0 Å². The van der Waals surface area contributed by atoms with Crippen LogP contribution in [0.3, 0.4) is 0 Å². The van der Waals surface area contributed by atoms with E-state index in [0.717, 1.165) is 6.07 Å². The first-order valence-corrected chi connectivity index (χ1v) is 5.60. The SMILES string of the molecule is CC(NCCc1ncno1)c1ccc(F)c(F)c1. The summed E-state index contributed by atoms with van der Waals surface area (Å²) in [5.74, 6) is -1.13. The number of nitrogens with one attached hydrogen (secondary N) is 1. The lowest BCUT2D eigenvalue weighted by molar-refractivity contribution is 0.372. The van der Waals surface area contributed by atoms with Gasteiger partial charge < -0.3 is 9.84 Å². The van der Waals surface area contributed by atoms with Gasteiger partial charge in [-0.1, -0.05) is 11.2 Å². The van der Waals surface area contributed by atoms with Crippen molar-refractivity contribution in [2.45, 2.75) is 19.4 Å². The van der Waals surface area contributed by atoms with Crippen LogP contribution in [0.4, 0.5) is 8.78 Å². The van der Waals surface area contributed by atoms with Gasteiger partial charge in [0.1, 0.15) is 0 Å². The molecular formula is C12H13F2N3O. The molecule has 1 aromatic heterocycles. The van der Waals surface area contributed by atoms with Gasteiger partial charge in [-0.25, -0.2) is 8.78 Å². The zero-order chi connectivity index (χ0) is 13.0. The van der Waals surface area contributed by atoms with Crippen molar-refractivity contribution in [2.75, 3.05) is 6.54 Å². The first kappa shape index (κ1) is 12.6. The molecule has 96 valence electrons. The minimum atomic E-state index is -0.836. The van der Waals surface area contributed by atoms with Crippen molar-refractivity contribution in [1.82, 2.24) is 15.5 Å². The molecule has 0 radical (unpaired) electrons. The molecule has 1 heterocycles. The maximum absolute atomic E-state index is 13.0. The lowest BCUT2D eigenvalue weighted by atomic mass is 10.1. The summed E-state index contributed by atoms with van der Waals surface area (Å²) in [6, 6.07) is 3.80. The summed E-state index contributed by atoms with van der Waals surface area (Å²) >= 11 is 0. The Hall–Kier alpha value is -1.82. The molecule has 4 nitrogen and oxygen atoms in total. The van der Waals surface area contributed by atoms with E-state index in [1.807, 2.05) is 6.92 Å². The van der Waals surface area contributed by atoms with Crippen LogP contribution in [0, 0.1) is 11.6 Å². The van der Waals surface area contributed by atoms with E-state index in [-0.39, 0.29) is 6.04 Å². The standard InChI is InChI=1S/C12H13F2N3O/c1-8(9-2-3-10(13)11(14)6-9)15-5-4-12-16-7-17-18-12/h2-3,6-8,15H,4-5H2,1H3. The quantitative estimate of drug-likeness (QED) is 0.887. The van der Waals surface area contributed by atoms with Crippen molar-refractivity contribution in [3.63, 3.8) is 0 Å². The van der Waals surface area contributed by atoms with Crippen molar-refractivity contribution in [2.24, 2.45) is 0 Å². The van der Waals surface area contributed by atoms with Gasteiger partial charge in [-0.05, 0) is 24.6 Å². The predicted molar refractivity (Wildman–Crippen MR) is 60.8 cm³/mol. The van der Waals surface area contributed by atoms with Gasteiger partial charge >= 0.3 is 0 Å². The first-order chi connectivity index (χ1) is 8.66. The summed E-state index contributed by atoms with van der Waals surface area (Å²) in [6.45, 7) is 2.49. The number of rotatable bonds is 5. The fourth-order valence-corrected chi connectivity index (χ4v) is 1.60. The van der Waals surface area contributed by atoms with Crippen molar-refractivity contribution >= 4 is 0 Å². The largest absolute Gasteiger partial charge is 0.340 e. The molecule has 0 spiro atoms. The van der Waals surface area contributed by atoms with E-state index < -0.39 is 11.6 Å². The zero-order valence-electron chi connectivity index (χ0n) is 9.86. The van der Waals surface area contributed by atoms with Crippen LogP contribution in [-0.2, 0) is 6.42 Å². The first-order valence-electron chi connectivity index (χ1n) is 5.60. The van der Waals surface area contributed by atoms with Crippen LogP contribution in [-0.4, -0.2) is 16.7 Å². The van der Waals surface area contributed by atoms with Gasteiger partial charge in [0.25, 0.3) is 0 Å². The third-order valence-corrected chi connectivity index (χ3v) is 2.64. The van der Waals surface area contributed by atoms with Crippen LogP contribution in [0.15, 0.2) is 29.0 Å². The Labute approximate surface area is 103 Å². The molecule has 1 N–H and O–H groups in total. The van der Waals surface area contributed by atoms with Gasteiger partial charge in [0.05, 0.1) is 0 Å². The lowest BCUT2D eigenvalue weighted by Gasteiger charge is -2.13. The van der Waals surface area contributed by atoms with Gasteiger partial charge in [-0.15, -0.1) is 0 Å².